The number of hydrogen-bond acceptors (Lipinski definition) is 4. The van der Waals surface area contributed by atoms with Crippen molar-refractivity contribution in [3.05, 3.63) is 41.7 Å². The second-order valence-electron chi connectivity index (χ2n) is 6.22. The minimum absolute atomic E-state index is 0.0422. The largest absolute Gasteiger partial charge is 0.351 e. The molecule has 1 aromatic carbocycles. The van der Waals surface area contributed by atoms with Crippen LogP contribution in [0.2, 0.25) is 0 Å². The summed E-state index contributed by atoms with van der Waals surface area (Å²) in [5, 5.41) is 9.21. The molecular weight excluding hydrogens is 355 g/mol. The Kier molecular flexibility index (Phi) is 5.85. The maximum Gasteiger partial charge on any atom is 0.317 e. The van der Waals surface area contributed by atoms with Gasteiger partial charge < -0.3 is 16.4 Å². The molecule has 1 fully saturated rings. The monoisotopic (exact) mass is 376 g/mol. The van der Waals surface area contributed by atoms with Gasteiger partial charge in [0, 0.05) is 17.5 Å². The first-order valence-corrected chi connectivity index (χ1v) is 9.32. The van der Waals surface area contributed by atoms with E-state index < -0.39 is 6.03 Å². The lowest BCUT2D eigenvalue weighted by Crippen LogP contribution is -2.41. The molecule has 5 N–H and O–H groups in total. The molecule has 0 bridgehead atoms. The summed E-state index contributed by atoms with van der Waals surface area (Å²) in [7, 11) is 0. The van der Waals surface area contributed by atoms with Gasteiger partial charge in [-0.2, -0.15) is 0 Å². The Labute approximate surface area is 155 Å². The van der Waals surface area contributed by atoms with Gasteiger partial charge in [0.2, 0.25) is 0 Å². The molecule has 1 aliphatic heterocycles. The summed E-state index contributed by atoms with van der Waals surface area (Å²) in [4.78, 5) is 24.8. The van der Waals surface area contributed by atoms with Crippen molar-refractivity contribution < 1.29 is 14.0 Å². The Hall–Kier alpha value is -2.45. The highest BCUT2D eigenvalue weighted by Crippen LogP contribution is 2.35. The van der Waals surface area contributed by atoms with E-state index in [4.69, 9.17) is 5.73 Å². The highest BCUT2D eigenvalue weighted by molar-refractivity contribution is 7.20. The van der Waals surface area contributed by atoms with E-state index in [0.29, 0.717) is 10.6 Å². The molecule has 0 spiro atoms. The van der Waals surface area contributed by atoms with Crippen molar-refractivity contribution in [3.63, 3.8) is 0 Å². The van der Waals surface area contributed by atoms with Crippen LogP contribution in [0.15, 0.2) is 30.3 Å². The summed E-state index contributed by atoms with van der Waals surface area (Å²) >= 11 is 1.23. The van der Waals surface area contributed by atoms with E-state index in [0.717, 1.165) is 42.8 Å². The normalized spacial score (nSPS) is 17.3. The number of hydrogen-bond donors (Lipinski definition) is 4. The summed E-state index contributed by atoms with van der Waals surface area (Å²) in [5.41, 5.74) is 6.35. The minimum Gasteiger partial charge on any atom is -0.351 e. The molecule has 26 heavy (non-hydrogen) atoms. The Morgan fingerprint density at radius 2 is 2.00 bits per heavy atom. The van der Waals surface area contributed by atoms with Gasteiger partial charge in [0.25, 0.3) is 5.91 Å². The first-order valence-electron chi connectivity index (χ1n) is 8.51. The number of carbonyl (C=O) groups excluding carboxylic acids is 2. The molecule has 1 aliphatic rings. The van der Waals surface area contributed by atoms with Crippen LogP contribution in [0, 0.1) is 5.82 Å². The third-order valence-corrected chi connectivity index (χ3v) is 5.32. The number of thiophene rings is 1. The third-order valence-electron chi connectivity index (χ3n) is 4.22. The second-order valence-corrected chi connectivity index (χ2v) is 7.27. The lowest BCUT2D eigenvalue weighted by atomic mass is 10.1. The first kappa shape index (κ1) is 18.3. The van der Waals surface area contributed by atoms with Crippen molar-refractivity contribution in [2.45, 2.75) is 25.3 Å². The van der Waals surface area contributed by atoms with Crippen molar-refractivity contribution in [2.75, 3.05) is 18.4 Å². The fourth-order valence-corrected chi connectivity index (χ4v) is 3.99. The maximum absolute atomic E-state index is 13.1. The summed E-state index contributed by atoms with van der Waals surface area (Å²) in [5.74, 6) is -0.591. The quantitative estimate of drug-likeness (QED) is 0.661. The molecule has 3 amide bonds. The van der Waals surface area contributed by atoms with E-state index in [1.165, 1.54) is 23.5 Å². The van der Waals surface area contributed by atoms with Crippen molar-refractivity contribution in [2.24, 2.45) is 5.73 Å². The molecule has 2 heterocycles. The summed E-state index contributed by atoms with van der Waals surface area (Å²) in [6.45, 7) is 1.67. The number of benzene rings is 1. The Morgan fingerprint density at radius 1 is 1.23 bits per heavy atom. The molecule has 3 rings (SSSR count). The Balaban J connectivity index is 1.84. The lowest BCUT2D eigenvalue weighted by Gasteiger charge is -2.16. The van der Waals surface area contributed by atoms with E-state index >= 15 is 0 Å². The maximum atomic E-state index is 13.1. The number of nitrogens with two attached hydrogens (primary N) is 1. The molecule has 1 aromatic heterocycles. The standard InChI is InChI=1S/C18H21FN4O2S/c19-12-6-4-11(5-7-12)15-9-14(17(26-15)23-18(20)25)16(24)22-13-3-1-2-8-21-10-13/h4-7,9,13,21H,1-3,8,10H2,(H,22,24)(H3,20,23,25)/t13-/m0/s1. The number of rotatable bonds is 4. The van der Waals surface area contributed by atoms with Crippen LogP contribution in [0.3, 0.4) is 0 Å². The topological polar surface area (TPSA) is 96.2 Å². The van der Waals surface area contributed by atoms with Crippen LogP contribution in [-0.2, 0) is 0 Å². The van der Waals surface area contributed by atoms with Gasteiger partial charge in [0.15, 0.2) is 0 Å². The van der Waals surface area contributed by atoms with Crippen LogP contribution in [0.5, 0.6) is 0 Å². The molecule has 8 heteroatoms. The van der Waals surface area contributed by atoms with Crippen molar-refractivity contribution in [1.29, 1.82) is 0 Å². The van der Waals surface area contributed by atoms with Crippen molar-refractivity contribution in [3.8, 4) is 10.4 Å². The summed E-state index contributed by atoms with van der Waals surface area (Å²) in [6, 6.07) is 6.98. The third kappa shape index (κ3) is 4.59. The summed E-state index contributed by atoms with van der Waals surface area (Å²) < 4.78 is 13.1. The average Bonchev–Trinajstić information content (AvgIpc) is 2.84. The number of anilines is 1. The molecule has 2 aromatic rings. The van der Waals surface area contributed by atoms with E-state index in [2.05, 4.69) is 16.0 Å². The van der Waals surface area contributed by atoms with Crippen LogP contribution in [0.4, 0.5) is 14.2 Å². The van der Waals surface area contributed by atoms with Crippen LogP contribution in [-0.4, -0.2) is 31.1 Å². The van der Waals surface area contributed by atoms with Crippen molar-refractivity contribution in [1.82, 2.24) is 10.6 Å². The first-order chi connectivity index (χ1) is 12.5. The molecule has 1 saturated heterocycles. The molecular formula is C18H21FN4O2S. The van der Waals surface area contributed by atoms with E-state index in [1.54, 1.807) is 18.2 Å². The molecule has 1 atom stereocenters. The fraction of sp³-hybridized carbons (Fsp3) is 0.333. The molecule has 6 nitrogen and oxygen atoms in total. The van der Waals surface area contributed by atoms with E-state index in [1.807, 2.05) is 0 Å². The smallest absolute Gasteiger partial charge is 0.317 e. The fourth-order valence-electron chi connectivity index (χ4n) is 2.93. The number of primary amides is 1. The molecule has 138 valence electrons. The lowest BCUT2D eigenvalue weighted by molar-refractivity contribution is 0.0937. The zero-order valence-electron chi connectivity index (χ0n) is 14.2. The molecule has 0 aliphatic carbocycles. The van der Waals surface area contributed by atoms with Gasteiger partial charge in [-0.1, -0.05) is 18.6 Å². The van der Waals surface area contributed by atoms with Crippen LogP contribution >= 0.6 is 11.3 Å². The van der Waals surface area contributed by atoms with E-state index in [9.17, 15) is 14.0 Å². The van der Waals surface area contributed by atoms with Gasteiger partial charge in [-0.05, 0) is 43.1 Å². The SMILES string of the molecule is NC(=O)Nc1sc(-c2ccc(F)cc2)cc1C(=O)N[C@H]1CCCCNC1. The van der Waals surface area contributed by atoms with Crippen molar-refractivity contribution >= 4 is 28.3 Å². The minimum atomic E-state index is -0.734. The van der Waals surface area contributed by atoms with Gasteiger partial charge in [-0.15, -0.1) is 11.3 Å². The predicted molar refractivity (Wildman–Crippen MR) is 101 cm³/mol. The van der Waals surface area contributed by atoms with E-state index in [-0.39, 0.29) is 17.8 Å². The zero-order chi connectivity index (χ0) is 18.5. The molecule has 0 saturated carbocycles. The predicted octanol–water partition coefficient (Wildman–Crippen LogP) is 2.92. The Morgan fingerprint density at radius 3 is 2.73 bits per heavy atom. The summed E-state index contributed by atoms with van der Waals surface area (Å²) in [6.07, 6.45) is 3.05. The highest BCUT2D eigenvalue weighted by atomic mass is 32.1. The van der Waals surface area contributed by atoms with Gasteiger partial charge in [0.05, 0.1) is 5.56 Å². The van der Waals surface area contributed by atoms with Gasteiger partial charge >= 0.3 is 6.03 Å². The zero-order valence-corrected chi connectivity index (χ0v) is 15.0. The van der Waals surface area contributed by atoms with Gasteiger partial charge in [-0.3, -0.25) is 10.1 Å². The number of urea groups is 1. The van der Waals surface area contributed by atoms with Gasteiger partial charge in [-0.25, -0.2) is 9.18 Å². The Bertz CT molecular complexity index is 783. The molecule has 0 unspecified atom stereocenters. The second kappa shape index (κ2) is 8.29. The average molecular weight is 376 g/mol. The number of nitrogens with one attached hydrogen (secondary N) is 3. The van der Waals surface area contributed by atoms with Crippen LogP contribution in [0.25, 0.3) is 10.4 Å². The molecule has 0 radical (unpaired) electrons. The highest BCUT2D eigenvalue weighted by Gasteiger charge is 2.21. The van der Waals surface area contributed by atoms with Crippen LogP contribution in [0.1, 0.15) is 29.6 Å². The number of carbonyl (C=O) groups is 2. The van der Waals surface area contributed by atoms with Gasteiger partial charge in [0.1, 0.15) is 10.8 Å². The number of amides is 3. The van der Waals surface area contributed by atoms with Crippen LogP contribution < -0.4 is 21.7 Å². The number of halogens is 1.